The van der Waals surface area contributed by atoms with Gasteiger partial charge in [-0.3, -0.25) is 4.79 Å². The molecule has 0 radical (unpaired) electrons. The van der Waals surface area contributed by atoms with Crippen LogP contribution in [0, 0.1) is 5.92 Å². The highest BCUT2D eigenvalue weighted by atomic mass is 35.5. The topological polar surface area (TPSA) is 54.0 Å². The predicted molar refractivity (Wildman–Crippen MR) is 95.3 cm³/mol. The van der Waals surface area contributed by atoms with E-state index in [2.05, 4.69) is 15.6 Å². The number of amides is 1. The zero-order valence-corrected chi connectivity index (χ0v) is 14.8. The number of nitrogens with zero attached hydrogens (tertiary/aromatic N) is 1. The van der Waals surface area contributed by atoms with Crippen LogP contribution in [0.1, 0.15) is 17.4 Å². The van der Waals surface area contributed by atoms with Gasteiger partial charge in [-0.15, -0.1) is 23.7 Å². The van der Waals surface area contributed by atoms with E-state index in [1.165, 1.54) is 11.3 Å². The fraction of sp³-hybridized carbons (Fsp3) is 0.333. The lowest BCUT2D eigenvalue weighted by Crippen LogP contribution is -2.28. The summed E-state index contributed by atoms with van der Waals surface area (Å²) in [6.07, 6.45) is 2.51. The van der Waals surface area contributed by atoms with E-state index in [1.54, 1.807) is 6.20 Å². The van der Waals surface area contributed by atoms with Crippen molar-refractivity contribution in [3.8, 4) is 0 Å². The fourth-order valence-corrected chi connectivity index (χ4v) is 2.94. The second-order valence-electron chi connectivity index (χ2n) is 4.85. The van der Waals surface area contributed by atoms with Crippen LogP contribution in [0.15, 0.2) is 30.5 Å². The van der Waals surface area contributed by atoms with Crippen LogP contribution in [0.2, 0.25) is 5.02 Å². The normalized spacial score (nSPS) is 11.6. The lowest BCUT2D eigenvalue weighted by atomic mass is 10.1. The van der Waals surface area contributed by atoms with Gasteiger partial charge >= 0.3 is 0 Å². The van der Waals surface area contributed by atoms with Gasteiger partial charge in [-0.05, 0) is 18.7 Å². The maximum Gasteiger partial charge on any atom is 0.230 e. The number of carbonyl (C=O) groups is 1. The molecular weight excluding hydrogens is 341 g/mol. The van der Waals surface area contributed by atoms with Gasteiger partial charge < -0.3 is 10.6 Å². The van der Waals surface area contributed by atoms with E-state index in [-0.39, 0.29) is 24.2 Å². The summed E-state index contributed by atoms with van der Waals surface area (Å²) in [6, 6.07) is 7.74. The molecule has 0 saturated carbocycles. The first-order valence-corrected chi connectivity index (χ1v) is 7.93. The number of aromatic nitrogens is 1. The molecule has 1 atom stereocenters. The molecule has 2 N–H and O–H groups in total. The molecule has 1 amide bonds. The highest BCUT2D eigenvalue weighted by molar-refractivity contribution is 7.15. The Labute approximate surface area is 145 Å². The summed E-state index contributed by atoms with van der Waals surface area (Å²) >= 11 is 7.63. The predicted octanol–water partition coefficient (Wildman–Crippen LogP) is 3.60. The molecule has 22 heavy (non-hydrogen) atoms. The second-order valence-corrected chi connectivity index (χ2v) is 6.37. The van der Waals surface area contributed by atoms with E-state index in [9.17, 15) is 4.79 Å². The summed E-state index contributed by atoms with van der Waals surface area (Å²) in [7, 11) is 1.83. The van der Waals surface area contributed by atoms with Crippen LogP contribution in [0.3, 0.4) is 0 Å². The summed E-state index contributed by atoms with van der Waals surface area (Å²) in [5.74, 6) is -0.117. The first kappa shape index (κ1) is 18.9. The number of rotatable bonds is 6. The molecule has 1 aromatic heterocycles. The van der Waals surface area contributed by atoms with Crippen LogP contribution in [0.25, 0.3) is 0 Å². The number of anilines is 1. The minimum absolute atomic E-state index is 0. The highest BCUT2D eigenvalue weighted by Crippen LogP contribution is 2.24. The smallest absolute Gasteiger partial charge is 0.230 e. The van der Waals surface area contributed by atoms with E-state index in [0.29, 0.717) is 11.7 Å². The average molecular weight is 360 g/mol. The third-order valence-corrected chi connectivity index (χ3v) is 4.35. The quantitative estimate of drug-likeness (QED) is 0.828. The van der Waals surface area contributed by atoms with Crippen molar-refractivity contribution in [3.63, 3.8) is 0 Å². The van der Waals surface area contributed by atoms with E-state index >= 15 is 0 Å². The Morgan fingerprint density at radius 3 is 2.82 bits per heavy atom. The number of halogens is 2. The largest absolute Gasteiger partial charge is 0.319 e. The van der Waals surface area contributed by atoms with Crippen molar-refractivity contribution in [3.05, 3.63) is 45.9 Å². The number of nitrogens with one attached hydrogen (secondary N) is 2. The van der Waals surface area contributed by atoms with Gasteiger partial charge in [0.2, 0.25) is 5.91 Å². The van der Waals surface area contributed by atoms with Crippen LogP contribution >= 0.6 is 35.3 Å². The summed E-state index contributed by atoms with van der Waals surface area (Å²) in [5, 5.41) is 7.21. The zero-order chi connectivity index (χ0) is 15.2. The van der Waals surface area contributed by atoms with E-state index < -0.39 is 0 Å². The second kappa shape index (κ2) is 9.10. The summed E-state index contributed by atoms with van der Waals surface area (Å²) in [6.45, 7) is 2.52. The van der Waals surface area contributed by atoms with Gasteiger partial charge in [0.25, 0.3) is 0 Å². The van der Waals surface area contributed by atoms with Gasteiger partial charge in [-0.1, -0.05) is 36.7 Å². The molecule has 4 nitrogen and oxygen atoms in total. The molecule has 0 bridgehead atoms. The molecule has 0 aliphatic rings. The van der Waals surface area contributed by atoms with Gasteiger partial charge in [0.1, 0.15) is 0 Å². The van der Waals surface area contributed by atoms with Gasteiger partial charge in [-0.25, -0.2) is 4.98 Å². The molecule has 0 saturated heterocycles. The molecular formula is C15H19Cl2N3OS. The minimum Gasteiger partial charge on any atom is -0.319 e. The Balaban J connectivity index is 0.00000242. The lowest BCUT2D eigenvalue weighted by molar-refractivity contribution is -0.119. The number of hydrogen-bond acceptors (Lipinski definition) is 4. The summed E-state index contributed by atoms with van der Waals surface area (Å²) in [4.78, 5) is 17.2. The van der Waals surface area contributed by atoms with Gasteiger partial charge in [0.15, 0.2) is 5.13 Å². The summed E-state index contributed by atoms with van der Waals surface area (Å²) < 4.78 is 0. The molecule has 120 valence electrons. The molecule has 0 aliphatic heterocycles. The van der Waals surface area contributed by atoms with Crippen molar-refractivity contribution < 1.29 is 4.79 Å². The van der Waals surface area contributed by atoms with Crippen LogP contribution < -0.4 is 10.6 Å². The Morgan fingerprint density at radius 2 is 2.14 bits per heavy atom. The van der Waals surface area contributed by atoms with Gasteiger partial charge in [-0.2, -0.15) is 0 Å². The lowest BCUT2D eigenvalue weighted by Gasteiger charge is -2.09. The van der Waals surface area contributed by atoms with Crippen LogP contribution in [-0.2, 0) is 11.2 Å². The minimum atomic E-state index is -0.0917. The van der Waals surface area contributed by atoms with Crippen LogP contribution in [0.5, 0.6) is 0 Å². The fourth-order valence-electron chi connectivity index (χ4n) is 1.90. The van der Waals surface area contributed by atoms with E-state index in [4.69, 9.17) is 11.6 Å². The van der Waals surface area contributed by atoms with Crippen LogP contribution in [-0.4, -0.2) is 24.5 Å². The SMILES string of the molecule is CNCC(C)C(=O)Nc1ncc(Cc2ccccc2Cl)s1.Cl. The number of benzene rings is 1. The standard InChI is InChI=1S/C15H18ClN3OS.ClH/c1-10(8-17-2)14(20)19-15-18-9-12(21-15)7-11-5-3-4-6-13(11)16;/h3-6,9-10,17H,7-8H2,1-2H3,(H,18,19,20);1H. The zero-order valence-electron chi connectivity index (χ0n) is 12.4. The molecule has 1 aromatic carbocycles. The van der Waals surface area contributed by atoms with E-state index in [1.807, 2.05) is 38.2 Å². The Hall–Kier alpha value is -1.14. The Kier molecular flexibility index (Phi) is 7.82. The number of hydrogen-bond donors (Lipinski definition) is 2. The molecule has 1 unspecified atom stereocenters. The van der Waals surface area contributed by atoms with Gasteiger partial charge in [0.05, 0.1) is 0 Å². The molecule has 7 heteroatoms. The number of carbonyl (C=O) groups excluding carboxylic acids is 1. The molecule has 0 fully saturated rings. The third-order valence-electron chi connectivity index (χ3n) is 3.06. The molecule has 1 heterocycles. The molecule has 0 aliphatic carbocycles. The first-order chi connectivity index (χ1) is 10.1. The van der Waals surface area contributed by atoms with Crippen molar-refractivity contribution >= 4 is 46.4 Å². The van der Waals surface area contributed by atoms with Crippen molar-refractivity contribution in [1.82, 2.24) is 10.3 Å². The molecule has 2 rings (SSSR count). The van der Waals surface area contributed by atoms with Gasteiger partial charge in [0, 0.05) is 35.0 Å². The molecule has 0 spiro atoms. The third kappa shape index (κ3) is 5.25. The monoisotopic (exact) mass is 359 g/mol. The first-order valence-electron chi connectivity index (χ1n) is 6.73. The van der Waals surface area contributed by atoms with Crippen molar-refractivity contribution in [1.29, 1.82) is 0 Å². The summed E-state index contributed by atoms with van der Waals surface area (Å²) in [5.41, 5.74) is 1.06. The van der Waals surface area contributed by atoms with Crippen LogP contribution in [0.4, 0.5) is 5.13 Å². The van der Waals surface area contributed by atoms with E-state index in [0.717, 1.165) is 21.9 Å². The highest BCUT2D eigenvalue weighted by Gasteiger charge is 2.14. The number of thiazole rings is 1. The Morgan fingerprint density at radius 1 is 1.41 bits per heavy atom. The average Bonchev–Trinajstić information content (AvgIpc) is 2.89. The Bertz CT molecular complexity index is 618. The van der Waals surface area contributed by atoms with Crippen molar-refractivity contribution in [2.75, 3.05) is 18.9 Å². The maximum atomic E-state index is 11.9. The molecule has 2 aromatic rings. The van der Waals surface area contributed by atoms with Crippen molar-refractivity contribution in [2.45, 2.75) is 13.3 Å². The maximum absolute atomic E-state index is 11.9. The van der Waals surface area contributed by atoms with Crippen molar-refractivity contribution in [2.24, 2.45) is 5.92 Å².